The minimum absolute atomic E-state index is 0.118. The zero-order valence-corrected chi connectivity index (χ0v) is 24.2. The normalized spacial score (nSPS) is 16.2. The minimum atomic E-state index is -1.10. The van der Waals surface area contributed by atoms with Gasteiger partial charge in [-0.2, -0.15) is 0 Å². The van der Waals surface area contributed by atoms with Crippen molar-refractivity contribution in [1.29, 1.82) is 0 Å². The van der Waals surface area contributed by atoms with Gasteiger partial charge < -0.3 is 19.7 Å². The fourth-order valence-corrected chi connectivity index (χ4v) is 6.26. The van der Waals surface area contributed by atoms with Gasteiger partial charge >= 0.3 is 5.91 Å². The van der Waals surface area contributed by atoms with Crippen molar-refractivity contribution in [1.82, 2.24) is 10.2 Å². The largest absolute Gasteiger partial charge is 0.507 e. The van der Waals surface area contributed by atoms with E-state index in [9.17, 15) is 24.2 Å². The Morgan fingerprint density at radius 2 is 1.86 bits per heavy atom. The molecular weight excluding hydrogens is 581 g/mol. The molecule has 1 aromatic heterocycles. The first-order valence-corrected chi connectivity index (χ1v) is 14.7. The van der Waals surface area contributed by atoms with Gasteiger partial charge in [0.2, 0.25) is 5.13 Å². The van der Waals surface area contributed by atoms with Gasteiger partial charge in [-0.05, 0) is 60.0 Å². The summed E-state index contributed by atoms with van der Waals surface area (Å²) in [4.78, 5) is 28.1. The van der Waals surface area contributed by atoms with Crippen LogP contribution in [0.4, 0.5) is 9.52 Å². The molecule has 5 rings (SSSR count). The van der Waals surface area contributed by atoms with Crippen LogP contribution in [0.2, 0.25) is 0 Å². The average Bonchev–Trinajstić information content (AvgIpc) is 3.57. The lowest BCUT2D eigenvalue weighted by Crippen LogP contribution is -2.29. The number of amides is 1. The molecule has 1 unspecified atom stereocenters. The smallest absolute Gasteiger partial charge is 0.301 e. The standard InChI is InChI=1S/C30H26FN3O6S2/c1-3-14-40-20-11-8-17(9-12-20)26(36)24-25(18-10-13-22(35)23(15-18)39-2)34(28(38)27(24)37)29-32-33-30(42-29)41-16-19-6-4-5-7-21(19)31/h4-13,15,25,35-36H,3,14,16H2,1-2H3/b26-24-. The fourth-order valence-electron chi connectivity index (χ4n) is 4.41. The number of ether oxygens (including phenoxy) is 2. The number of benzene rings is 3. The number of thioether (sulfide) groups is 1. The van der Waals surface area contributed by atoms with Crippen LogP contribution in [0.15, 0.2) is 76.6 Å². The second-order valence-electron chi connectivity index (χ2n) is 9.20. The molecule has 1 aliphatic heterocycles. The molecule has 1 aliphatic rings. The van der Waals surface area contributed by atoms with Gasteiger partial charge in [-0.1, -0.05) is 54.3 Å². The summed E-state index contributed by atoms with van der Waals surface area (Å²) in [6.45, 7) is 2.52. The molecule has 2 N–H and O–H groups in total. The number of carbonyl (C=O) groups is 2. The molecule has 0 aliphatic carbocycles. The van der Waals surface area contributed by atoms with Crippen molar-refractivity contribution >= 4 is 45.7 Å². The highest BCUT2D eigenvalue weighted by atomic mass is 32.2. The highest BCUT2D eigenvalue weighted by molar-refractivity contribution is 8.00. The molecule has 42 heavy (non-hydrogen) atoms. The van der Waals surface area contributed by atoms with Gasteiger partial charge in [0.15, 0.2) is 15.8 Å². The second kappa shape index (κ2) is 12.6. The third kappa shape index (κ3) is 5.81. The molecule has 0 spiro atoms. The van der Waals surface area contributed by atoms with E-state index >= 15 is 0 Å². The number of hydrogen-bond donors (Lipinski definition) is 2. The number of rotatable bonds is 10. The first-order chi connectivity index (χ1) is 20.3. The van der Waals surface area contributed by atoms with E-state index in [4.69, 9.17) is 9.47 Å². The van der Waals surface area contributed by atoms with Gasteiger partial charge in [0, 0.05) is 11.3 Å². The maximum atomic E-state index is 14.1. The Hall–Kier alpha value is -4.42. The number of ketones is 1. The van der Waals surface area contributed by atoms with Gasteiger partial charge in [-0.3, -0.25) is 14.5 Å². The van der Waals surface area contributed by atoms with Crippen molar-refractivity contribution in [2.75, 3.05) is 18.6 Å². The number of Topliss-reactive ketones (excluding diaryl/α,β-unsaturated/α-hetero) is 1. The molecule has 0 radical (unpaired) electrons. The maximum Gasteiger partial charge on any atom is 0.301 e. The van der Waals surface area contributed by atoms with Crippen LogP contribution in [0.25, 0.3) is 5.76 Å². The van der Waals surface area contributed by atoms with E-state index in [0.29, 0.717) is 33.4 Å². The number of nitrogens with zero attached hydrogens (tertiary/aromatic N) is 3. The van der Waals surface area contributed by atoms with Gasteiger partial charge in [0.1, 0.15) is 17.3 Å². The number of halogens is 1. The molecule has 1 saturated heterocycles. The Morgan fingerprint density at radius 1 is 1.10 bits per heavy atom. The quantitative estimate of drug-likeness (QED) is 0.0724. The molecule has 12 heteroatoms. The Bertz CT molecular complexity index is 1660. The lowest BCUT2D eigenvalue weighted by Gasteiger charge is -2.23. The summed E-state index contributed by atoms with van der Waals surface area (Å²) in [5, 5.41) is 30.0. The number of carbonyl (C=O) groups excluding carboxylic acids is 2. The molecule has 3 aromatic carbocycles. The summed E-state index contributed by atoms with van der Waals surface area (Å²) < 4.78 is 25.4. The third-order valence-corrected chi connectivity index (χ3v) is 8.58. The van der Waals surface area contributed by atoms with Gasteiger partial charge in [0.05, 0.1) is 25.3 Å². The number of aromatic hydroxyl groups is 1. The number of phenolic OH excluding ortho intramolecular Hbond substituents is 1. The molecule has 0 saturated carbocycles. The van der Waals surface area contributed by atoms with Crippen LogP contribution in [0.1, 0.15) is 36.1 Å². The summed E-state index contributed by atoms with van der Waals surface area (Å²) in [5.74, 6) is -1.66. The zero-order valence-electron chi connectivity index (χ0n) is 22.6. The number of phenols is 1. The second-order valence-corrected chi connectivity index (χ2v) is 11.4. The third-order valence-electron chi connectivity index (χ3n) is 6.48. The van der Waals surface area contributed by atoms with Crippen LogP contribution >= 0.6 is 23.1 Å². The molecule has 0 bridgehead atoms. The summed E-state index contributed by atoms with van der Waals surface area (Å²) in [6, 6.07) is 16.2. The van der Waals surface area contributed by atoms with E-state index in [1.54, 1.807) is 42.5 Å². The highest BCUT2D eigenvalue weighted by Gasteiger charge is 2.48. The van der Waals surface area contributed by atoms with Crippen LogP contribution < -0.4 is 14.4 Å². The van der Waals surface area contributed by atoms with Crippen molar-refractivity contribution in [2.45, 2.75) is 29.5 Å². The summed E-state index contributed by atoms with van der Waals surface area (Å²) in [6.07, 6.45) is 0.830. The van der Waals surface area contributed by atoms with E-state index in [-0.39, 0.29) is 39.5 Å². The first kappa shape index (κ1) is 29.1. The monoisotopic (exact) mass is 607 g/mol. The molecule has 2 heterocycles. The number of anilines is 1. The fraction of sp³-hybridized carbons (Fsp3) is 0.200. The molecule has 1 atom stereocenters. The van der Waals surface area contributed by atoms with E-state index in [2.05, 4.69) is 10.2 Å². The summed E-state index contributed by atoms with van der Waals surface area (Å²) >= 11 is 2.30. The van der Waals surface area contributed by atoms with Gasteiger partial charge in [0.25, 0.3) is 5.78 Å². The van der Waals surface area contributed by atoms with Gasteiger partial charge in [-0.15, -0.1) is 10.2 Å². The van der Waals surface area contributed by atoms with Crippen molar-refractivity contribution in [3.63, 3.8) is 0 Å². The van der Waals surface area contributed by atoms with Gasteiger partial charge in [-0.25, -0.2) is 4.39 Å². The van der Waals surface area contributed by atoms with Crippen molar-refractivity contribution in [3.8, 4) is 17.2 Å². The Balaban J connectivity index is 1.54. The summed E-state index contributed by atoms with van der Waals surface area (Å²) in [7, 11) is 1.38. The van der Waals surface area contributed by atoms with E-state index in [0.717, 1.165) is 17.8 Å². The van der Waals surface area contributed by atoms with E-state index < -0.39 is 17.7 Å². The SMILES string of the molecule is CCCOc1ccc(/C(O)=C2/C(=O)C(=O)N(c3nnc(SCc4ccccc4F)s3)C2c2ccc(O)c(OC)c2)cc1. The highest BCUT2D eigenvalue weighted by Crippen LogP contribution is 2.45. The first-order valence-electron chi connectivity index (χ1n) is 12.9. The Labute approximate surface area is 249 Å². The van der Waals surface area contributed by atoms with Crippen molar-refractivity contribution < 1.29 is 33.7 Å². The van der Waals surface area contributed by atoms with Crippen LogP contribution in [-0.4, -0.2) is 45.8 Å². The minimum Gasteiger partial charge on any atom is -0.507 e. The van der Waals surface area contributed by atoms with Crippen molar-refractivity contribution in [2.24, 2.45) is 0 Å². The Kier molecular flexibility index (Phi) is 8.74. The maximum absolute atomic E-state index is 14.1. The number of aliphatic hydroxyl groups is 1. The number of aliphatic hydroxyl groups excluding tert-OH is 1. The Morgan fingerprint density at radius 3 is 2.57 bits per heavy atom. The zero-order chi connectivity index (χ0) is 29.8. The predicted molar refractivity (Wildman–Crippen MR) is 158 cm³/mol. The lowest BCUT2D eigenvalue weighted by atomic mass is 9.95. The number of methoxy groups -OCH3 is 1. The van der Waals surface area contributed by atoms with Crippen LogP contribution in [0.3, 0.4) is 0 Å². The van der Waals surface area contributed by atoms with Crippen LogP contribution in [-0.2, 0) is 15.3 Å². The molecule has 9 nitrogen and oxygen atoms in total. The number of hydrogen-bond acceptors (Lipinski definition) is 10. The average molecular weight is 608 g/mol. The summed E-state index contributed by atoms with van der Waals surface area (Å²) in [5.41, 5.74) is 1.03. The van der Waals surface area contributed by atoms with Crippen LogP contribution in [0.5, 0.6) is 17.2 Å². The molecule has 1 amide bonds. The number of aromatic nitrogens is 2. The van der Waals surface area contributed by atoms with E-state index in [1.807, 2.05) is 6.92 Å². The van der Waals surface area contributed by atoms with Crippen molar-refractivity contribution in [3.05, 3.63) is 94.8 Å². The molecule has 4 aromatic rings. The van der Waals surface area contributed by atoms with E-state index in [1.165, 1.54) is 48.0 Å². The molecule has 1 fully saturated rings. The molecule has 216 valence electrons. The van der Waals surface area contributed by atoms with Crippen LogP contribution in [0, 0.1) is 5.82 Å². The topological polar surface area (TPSA) is 122 Å². The predicted octanol–water partition coefficient (Wildman–Crippen LogP) is 6.10. The lowest BCUT2D eigenvalue weighted by molar-refractivity contribution is -0.132. The molecular formula is C30H26FN3O6S2.